The predicted octanol–water partition coefficient (Wildman–Crippen LogP) is 0.857. The normalized spacial score (nSPS) is 10.6. The van der Waals surface area contributed by atoms with Crippen molar-refractivity contribution in [2.45, 2.75) is 26.7 Å². The van der Waals surface area contributed by atoms with Crippen molar-refractivity contribution in [1.82, 2.24) is 15.1 Å². The Kier molecular flexibility index (Phi) is 5.64. The van der Waals surface area contributed by atoms with Crippen LogP contribution in [0.3, 0.4) is 0 Å². The van der Waals surface area contributed by atoms with Crippen molar-refractivity contribution in [3.63, 3.8) is 0 Å². The third-order valence-corrected chi connectivity index (χ3v) is 2.66. The Morgan fingerprint density at radius 3 is 2.78 bits per heavy atom. The summed E-state index contributed by atoms with van der Waals surface area (Å²) in [7, 11) is 1.70. The van der Waals surface area contributed by atoms with Crippen molar-refractivity contribution in [3.05, 3.63) is 11.4 Å². The number of hydrogen-bond acceptors (Lipinski definition) is 4. The Balaban J connectivity index is 2.37. The van der Waals surface area contributed by atoms with Crippen LogP contribution in [0.4, 0.5) is 5.69 Å². The molecule has 0 saturated heterocycles. The van der Waals surface area contributed by atoms with Gasteiger partial charge in [-0.1, -0.05) is 13.3 Å². The number of nitrogen functional groups attached to an aromatic ring is 1. The molecule has 0 aliphatic heterocycles. The van der Waals surface area contributed by atoms with Crippen LogP contribution in [0.2, 0.25) is 0 Å². The number of nitrogens with one attached hydrogen (secondary N) is 1. The molecule has 0 radical (unpaired) electrons. The van der Waals surface area contributed by atoms with Gasteiger partial charge in [0.05, 0.1) is 18.0 Å². The molecule has 1 rings (SSSR count). The van der Waals surface area contributed by atoms with Gasteiger partial charge in [0.15, 0.2) is 0 Å². The summed E-state index contributed by atoms with van der Waals surface area (Å²) in [6.07, 6.45) is 2.15. The molecular weight excluding hydrogens is 232 g/mol. The van der Waals surface area contributed by atoms with Gasteiger partial charge in [-0.25, -0.2) is 0 Å². The van der Waals surface area contributed by atoms with E-state index < -0.39 is 0 Å². The van der Waals surface area contributed by atoms with E-state index in [-0.39, 0.29) is 5.91 Å². The number of nitrogens with zero attached hydrogens (tertiary/aromatic N) is 2. The van der Waals surface area contributed by atoms with E-state index in [2.05, 4.69) is 17.3 Å². The Morgan fingerprint density at radius 1 is 1.50 bits per heavy atom. The first-order valence-corrected chi connectivity index (χ1v) is 6.23. The minimum Gasteiger partial charge on any atom is -0.395 e. The SMILES string of the molecule is CCCCOCCNC(=O)c1c(N)c(C)nn1C. The standard InChI is InChI=1S/C12H22N4O2/c1-4-5-7-18-8-6-14-12(17)11-10(13)9(2)15-16(11)3/h4-8,13H2,1-3H3,(H,14,17). The summed E-state index contributed by atoms with van der Waals surface area (Å²) < 4.78 is 6.86. The van der Waals surface area contributed by atoms with Crippen LogP contribution in [0.25, 0.3) is 0 Å². The van der Waals surface area contributed by atoms with E-state index in [1.807, 2.05) is 0 Å². The maximum atomic E-state index is 11.9. The number of ether oxygens (including phenoxy) is 1. The monoisotopic (exact) mass is 254 g/mol. The molecule has 0 atom stereocenters. The highest BCUT2D eigenvalue weighted by Gasteiger charge is 2.17. The summed E-state index contributed by atoms with van der Waals surface area (Å²) in [4.78, 5) is 11.9. The first-order valence-electron chi connectivity index (χ1n) is 6.23. The molecule has 0 aliphatic rings. The van der Waals surface area contributed by atoms with Crippen molar-refractivity contribution in [3.8, 4) is 0 Å². The van der Waals surface area contributed by atoms with Gasteiger partial charge in [0.2, 0.25) is 0 Å². The van der Waals surface area contributed by atoms with Crippen LogP contribution < -0.4 is 11.1 Å². The highest BCUT2D eigenvalue weighted by atomic mass is 16.5. The van der Waals surface area contributed by atoms with Crippen molar-refractivity contribution in [2.24, 2.45) is 7.05 Å². The lowest BCUT2D eigenvalue weighted by atomic mass is 10.3. The second-order valence-electron chi connectivity index (χ2n) is 4.19. The topological polar surface area (TPSA) is 82.2 Å². The lowest BCUT2D eigenvalue weighted by molar-refractivity contribution is 0.0904. The zero-order chi connectivity index (χ0) is 13.5. The summed E-state index contributed by atoms with van der Waals surface area (Å²) in [5.74, 6) is -0.213. The molecule has 6 nitrogen and oxygen atoms in total. The lowest BCUT2D eigenvalue weighted by Crippen LogP contribution is -2.29. The van der Waals surface area contributed by atoms with Crippen molar-refractivity contribution < 1.29 is 9.53 Å². The fourth-order valence-electron chi connectivity index (χ4n) is 1.61. The van der Waals surface area contributed by atoms with E-state index in [1.165, 1.54) is 4.68 Å². The molecule has 1 aromatic heterocycles. The van der Waals surface area contributed by atoms with Gasteiger partial charge in [-0.15, -0.1) is 0 Å². The first kappa shape index (κ1) is 14.5. The molecular formula is C12H22N4O2. The van der Waals surface area contributed by atoms with Gasteiger partial charge < -0.3 is 15.8 Å². The zero-order valence-electron chi connectivity index (χ0n) is 11.3. The van der Waals surface area contributed by atoms with Crippen LogP contribution >= 0.6 is 0 Å². The van der Waals surface area contributed by atoms with Crippen LogP contribution in [0.1, 0.15) is 35.9 Å². The molecule has 1 aromatic rings. The first-order chi connectivity index (χ1) is 8.57. The Hall–Kier alpha value is -1.56. The number of anilines is 1. The van der Waals surface area contributed by atoms with Crippen molar-refractivity contribution in [1.29, 1.82) is 0 Å². The summed E-state index contributed by atoms with van der Waals surface area (Å²) in [6.45, 7) is 5.62. The zero-order valence-corrected chi connectivity index (χ0v) is 11.3. The third-order valence-electron chi connectivity index (χ3n) is 2.66. The van der Waals surface area contributed by atoms with Crippen molar-refractivity contribution in [2.75, 3.05) is 25.5 Å². The van der Waals surface area contributed by atoms with E-state index in [0.29, 0.717) is 30.2 Å². The van der Waals surface area contributed by atoms with Gasteiger partial charge in [0, 0.05) is 20.2 Å². The summed E-state index contributed by atoms with van der Waals surface area (Å²) in [6, 6.07) is 0. The van der Waals surface area contributed by atoms with Crippen LogP contribution in [0.5, 0.6) is 0 Å². The number of amides is 1. The van der Waals surface area contributed by atoms with Gasteiger partial charge in [-0.05, 0) is 13.3 Å². The Labute approximate surface area is 107 Å². The number of nitrogens with two attached hydrogens (primary N) is 1. The minimum atomic E-state index is -0.213. The maximum Gasteiger partial charge on any atom is 0.271 e. The maximum absolute atomic E-state index is 11.9. The van der Waals surface area contributed by atoms with Crippen molar-refractivity contribution >= 4 is 11.6 Å². The summed E-state index contributed by atoms with van der Waals surface area (Å²) in [5, 5.41) is 6.87. The lowest BCUT2D eigenvalue weighted by Gasteiger charge is -2.07. The highest BCUT2D eigenvalue weighted by molar-refractivity contribution is 5.97. The fraction of sp³-hybridized carbons (Fsp3) is 0.667. The predicted molar refractivity (Wildman–Crippen MR) is 70.4 cm³/mol. The average molecular weight is 254 g/mol. The number of carbonyl (C=O) groups is 1. The highest BCUT2D eigenvalue weighted by Crippen LogP contribution is 2.14. The van der Waals surface area contributed by atoms with Crippen LogP contribution in [0.15, 0.2) is 0 Å². The molecule has 6 heteroatoms. The number of unbranched alkanes of at least 4 members (excludes halogenated alkanes) is 1. The largest absolute Gasteiger partial charge is 0.395 e. The molecule has 18 heavy (non-hydrogen) atoms. The van der Waals surface area contributed by atoms with Crippen LogP contribution in [-0.2, 0) is 11.8 Å². The van der Waals surface area contributed by atoms with Crippen LogP contribution in [-0.4, -0.2) is 35.4 Å². The van der Waals surface area contributed by atoms with E-state index >= 15 is 0 Å². The molecule has 0 fully saturated rings. The van der Waals surface area contributed by atoms with E-state index in [4.69, 9.17) is 10.5 Å². The van der Waals surface area contributed by atoms with Gasteiger partial charge >= 0.3 is 0 Å². The minimum absolute atomic E-state index is 0.213. The molecule has 0 bridgehead atoms. The summed E-state index contributed by atoms with van der Waals surface area (Å²) >= 11 is 0. The third kappa shape index (κ3) is 3.73. The van der Waals surface area contributed by atoms with E-state index in [0.717, 1.165) is 19.4 Å². The molecule has 0 aliphatic carbocycles. The number of aryl methyl sites for hydroxylation is 2. The van der Waals surface area contributed by atoms with E-state index in [9.17, 15) is 4.79 Å². The molecule has 1 heterocycles. The number of carbonyl (C=O) groups excluding carboxylic acids is 1. The second kappa shape index (κ2) is 7.00. The van der Waals surface area contributed by atoms with Gasteiger partial charge in [-0.3, -0.25) is 9.48 Å². The summed E-state index contributed by atoms with van der Waals surface area (Å²) in [5.41, 5.74) is 7.30. The molecule has 0 unspecified atom stereocenters. The quantitative estimate of drug-likeness (QED) is 0.707. The molecule has 102 valence electrons. The van der Waals surface area contributed by atoms with Gasteiger partial charge in [0.1, 0.15) is 5.69 Å². The molecule has 1 amide bonds. The van der Waals surface area contributed by atoms with Crippen LogP contribution in [0, 0.1) is 6.92 Å². The molecule has 0 aromatic carbocycles. The average Bonchev–Trinajstić information content (AvgIpc) is 2.58. The fourth-order valence-corrected chi connectivity index (χ4v) is 1.61. The number of rotatable bonds is 7. The van der Waals surface area contributed by atoms with Gasteiger partial charge in [-0.2, -0.15) is 5.10 Å². The molecule has 0 spiro atoms. The smallest absolute Gasteiger partial charge is 0.271 e. The Bertz CT molecular complexity index is 401. The molecule has 3 N–H and O–H groups in total. The van der Waals surface area contributed by atoms with E-state index in [1.54, 1.807) is 14.0 Å². The number of hydrogen-bond donors (Lipinski definition) is 2. The van der Waals surface area contributed by atoms with Gasteiger partial charge in [0.25, 0.3) is 5.91 Å². The Morgan fingerprint density at radius 2 is 2.22 bits per heavy atom. The number of aromatic nitrogens is 2. The second-order valence-corrected chi connectivity index (χ2v) is 4.19. The molecule has 0 saturated carbocycles.